The van der Waals surface area contributed by atoms with E-state index >= 15 is 0 Å². The van der Waals surface area contributed by atoms with Crippen LogP contribution in [0.15, 0.2) is 59.6 Å². The van der Waals surface area contributed by atoms with Crippen LogP contribution in [0.25, 0.3) is 0 Å². The highest BCUT2D eigenvalue weighted by Gasteiger charge is 2.33. The van der Waals surface area contributed by atoms with Crippen LogP contribution >= 0.6 is 11.8 Å². The van der Waals surface area contributed by atoms with Gasteiger partial charge in [-0.1, -0.05) is 30.0 Å². The zero-order valence-electron chi connectivity index (χ0n) is 19.8. The van der Waals surface area contributed by atoms with Crippen molar-refractivity contribution in [3.05, 3.63) is 60.2 Å². The van der Waals surface area contributed by atoms with Crippen LogP contribution in [0, 0.1) is 0 Å². The number of para-hydroxylation sites is 1. The minimum Gasteiger partial charge on any atom is -0.494 e. The maximum atomic E-state index is 12.7. The number of carbonyl (C=O) groups excluding carboxylic acids is 3. The summed E-state index contributed by atoms with van der Waals surface area (Å²) >= 11 is 1.38. The van der Waals surface area contributed by atoms with Crippen molar-refractivity contribution in [3.8, 4) is 5.75 Å². The molecule has 1 atom stereocenters. The Balaban J connectivity index is 1.19. The Morgan fingerprint density at radius 3 is 2.54 bits per heavy atom. The van der Waals surface area contributed by atoms with E-state index in [2.05, 4.69) is 15.2 Å². The highest BCUT2D eigenvalue weighted by Crippen LogP contribution is 2.29. The molecule has 184 valence electrons. The lowest BCUT2D eigenvalue weighted by molar-refractivity contribution is -0.121. The first kappa shape index (κ1) is 24.8. The number of aliphatic imine (C=N–C) groups is 1. The van der Waals surface area contributed by atoms with E-state index in [4.69, 9.17) is 4.74 Å². The molecule has 2 aliphatic rings. The van der Waals surface area contributed by atoms with Gasteiger partial charge in [0.2, 0.25) is 5.91 Å². The molecule has 1 saturated heterocycles. The number of amidine groups is 1. The average molecular weight is 495 g/mol. The summed E-state index contributed by atoms with van der Waals surface area (Å²) in [5.41, 5.74) is 1.13. The second-order valence-electron chi connectivity index (χ2n) is 8.60. The predicted molar refractivity (Wildman–Crippen MR) is 138 cm³/mol. The molecule has 2 aliphatic heterocycles. The van der Waals surface area contributed by atoms with E-state index in [-0.39, 0.29) is 24.1 Å². The van der Waals surface area contributed by atoms with E-state index in [9.17, 15) is 14.4 Å². The zero-order valence-corrected chi connectivity index (χ0v) is 20.6. The molecule has 0 aliphatic carbocycles. The van der Waals surface area contributed by atoms with Crippen molar-refractivity contribution >= 4 is 40.3 Å². The fourth-order valence-corrected chi connectivity index (χ4v) is 5.08. The Kier molecular flexibility index (Phi) is 8.41. The number of benzene rings is 2. The molecule has 2 aromatic rings. The quantitative estimate of drug-likeness (QED) is 0.535. The molecule has 0 radical (unpaired) electrons. The number of ether oxygens (including phenoxy) is 1. The number of hydrogen-bond acceptors (Lipinski definition) is 6. The van der Waals surface area contributed by atoms with Crippen molar-refractivity contribution in [1.29, 1.82) is 0 Å². The molecular formula is C26H30N4O4S. The summed E-state index contributed by atoms with van der Waals surface area (Å²) in [6.07, 6.45) is 3.00. The fraction of sp³-hybridized carbons (Fsp3) is 0.385. The Morgan fingerprint density at radius 1 is 1.11 bits per heavy atom. The molecule has 8 nitrogen and oxygen atoms in total. The first-order valence-electron chi connectivity index (χ1n) is 11.9. The first-order valence-corrected chi connectivity index (χ1v) is 12.7. The van der Waals surface area contributed by atoms with Crippen LogP contribution in [-0.4, -0.2) is 71.2 Å². The number of carbonyl (C=O) groups is 3. The van der Waals surface area contributed by atoms with Gasteiger partial charge in [0.1, 0.15) is 11.0 Å². The van der Waals surface area contributed by atoms with Gasteiger partial charge in [-0.2, -0.15) is 4.99 Å². The van der Waals surface area contributed by atoms with Crippen molar-refractivity contribution in [1.82, 2.24) is 9.80 Å². The molecule has 1 fully saturated rings. The van der Waals surface area contributed by atoms with Gasteiger partial charge in [-0.3, -0.25) is 14.4 Å². The standard InChI is InChI=1S/C26H30N4O4S/c1-29(14-7-17-34-21-8-3-2-4-9-21)25(33)19-10-12-20(13-11-19)27-23(31)18-22-24(32)28-26(35-22)30-15-5-6-16-30/h2-4,8-13,22H,5-7,14-18H2,1H3,(H,27,31). The second-order valence-corrected chi connectivity index (χ2v) is 9.77. The van der Waals surface area contributed by atoms with Gasteiger partial charge < -0.3 is 19.9 Å². The van der Waals surface area contributed by atoms with E-state index in [1.165, 1.54) is 11.8 Å². The Labute approximate surface area is 209 Å². The maximum Gasteiger partial charge on any atom is 0.262 e. The van der Waals surface area contributed by atoms with E-state index in [1.807, 2.05) is 30.3 Å². The number of nitrogens with zero attached hydrogens (tertiary/aromatic N) is 3. The highest BCUT2D eigenvalue weighted by molar-refractivity contribution is 8.15. The number of amides is 3. The number of hydrogen-bond donors (Lipinski definition) is 1. The number of anilines is 1. The lowest BCUT2D eigenvalue weighted by atomic mass is 10.1. The van der Waals surface area contributed by atoms with Gasteiger partial charge >= 0.3 is 0 Å². The van der Waals surface area contributed by atoms with E-state index in [1.54, 1.807) is 36.2 Å². The van der Waals surface area contributed by atoms with Crippen molar-refractivity contribution in [2.45, 2.75) is 30.9 Å². The molecule has 9 heteroatoms. The van der Waals surface area contributed by atoms with Crippen molar-refractivity contribution in [2.75, 3.05) is 38.6 Å². The summed E-state index contributed by atoms with van der Waals surface area (Å²) < 4.78 is 5.67. The van der Waals surface area contributed by atoms with Crippen LogP contribution in [0.2, 0.25) is 0 Å². The van der Waals surface area contributed by atoms with Crippen LogP contribution in [0.1, 0.15) is 36.0 Å². The van der Waals surface area contributed by atoms with Gasteiger partial charge in [0.05, 0.1) is 6.61 Å². The van der Waals surface area contributed by atoms with Crippen LogP contribution in [0.5, 0.6) is 5.75 Å². The Bertz CT molecular complexity index is 1070. The second kappa shape index (κ2) is 11.9. The Morgan fingerprint density at radius 2 is 1.83 bits per heavy atom. The topological polar surface area (TPSA) is 91.3 Å². The minimum absolute atomic E-state index is 0.0683. The summed E-state index contributed by atoms with van der Waals surface area (Å²) in [5.74, 6) is 0.227. The van der Waals surface area contributed by atoms with Gasteiger partial charge in [-0.05, 0) is 55.7 Å². The molecule has 2 heterocycles. The van der Waals surface area contributed by atoms with E-state index in [0.717, 1.165) is 36.8 Å². The highest BCUT2D eigenvalue weighted by atomic mass is 32.2. The number of thioether (sulfide) groups is 1. The average Bonchev–Trinajstić information content (AvgIpc) is 3.53. The van der Waals surface area contributed by atoms with Gasteiger partial charge in [-0.25, -0.2) is 0 Å². The SMILES string of the molecule is CN(CCCOc1ccccc1)C(=O)c1ccc(NC(=O)CC2SC(N3CCCC3)=NC2=O)cc1. The normalized spacial score (nSPS) is 17.3. The molecule has 2 aromatic carbocycles. The van der Waals surface area contributed by atoms with Gasteiger partial charge in [0, 0.05) is 44.4 Å². The molecule has 3 amide bonds. The monoisotopic (exact) mass is 494 g/mol. The van der Waals surface area contributed by atoms with Gasteiger partial charge in [0.15, 0.2) is 5.17 Å². The molecule has 0 saturated carbocycles. The number of nitrogens with one attached hydrogen (secondary N) is 1. The third-order valence-electron chi connectivity index (χ3n) is 5.89. The molecule has 0 spiro atoms. The lowest BCUT2D eigenvalue weighted by Gasteiger charge is -2.18. The molecule has 0 bridgehead atoms. The number of likely N-dealkylation sites (tertiary alicyclic amines) is 1. The molecule has 1 N–H and O–H groups in total. The zero-order chi connectivity index (χ0) is 24.6. The van der Waals surface area contributed by atoms with E-state index < -0.39 is 5.25 Å². The minimum atomic E-state index is -0.481. The number of rotatable bonds is 9. The molecule has 0 aromatic heterocycles. The Hall–Kier alpha value is -3.33. The van der Waals surface area contributed by atoms with Gasteiger partial charge in [-0.15, -0.1) is 0 Å². The summed E-state index contributed by atoms with van der Waals surface area (Å²) in [5, 5.41) is 3.08. The predicted octanol–water partition coefficient (Wildman–Crippen LogP) is 3.65. The van der Waals surface area contributed by atoms with Crippen LogP contribution in [0.3, 0.4) is 0 Å². The smallest absolute Gasteiger partial charge is 0.262 e. The largest absolute Gasteiger partial charge is 0.494 e. The van der Waals surface area contributed by atoms with Crippen LogP contribution in [-0.2, 0) is 9.59 Å². The first-order chi connectivity index (χ1) is 17.0. The summed E-state index contributed by atoms with van der Waals surface area (Å²) in [4.78, 5) is 45.3. The third-order valence-corrected chi connectivity index (χ3v) is 7.10. The molecular weight excluding hydrogens is 464 g/mol. The summed E-state index contributed by atoms with van der Waals surface area (Å²) in [7, 11) is 1.76. The van der Waals surface area contributed by atoms with Crippen molar-refractivity contribution in [3.63, 3.8) is 0 Å². The van der Waals surface area contributed by atoms with Crippen LogP contribution in [0.4, 0.5) is 5.69 Å². The lowest BCUT2D eigenvalue weighted by Crippen LogP contribution is -2.28. The fourth-order valence-electron chi connectivity index (χ4n) is 3.96. The van der Waals surface area contributed by atoms with Gasteiger partial charge in [0.25, 0.3) is 11.8 Å². The summed E-state index contributed by atoms with van der Waals surface area (Å²) in [6.45, 7) is 2.93. The molecule has 4 rings (SSSR count). The molecule has 1 unspecified atom stereocenters. The molecule has 35 heavy (non-hydrogen) atoms. The third kappa shape index (κ3) is 6.85. The van der Waals surface area contributed by atoms with E-state index in [0.29, 0.717) is 30.8 Å². The summed E-state index contributed by atoms with van der Waals surface area (Å²) in [6, 6.07) is 16.4. The van der Waals surface area contributed by atoms with Crippen molar-refractivity contribution < 1.29 is 19.1 Å². The van der Waals surface area contributed by atoms with Crippen LogP contribution < -0.4 is 10.1 Å². The maximum absolute atomic E-state index is 12.7. The van der Waals surface area contributed by atoms with Crippen molar-refractivity contribution in [2.24, 2.45) is 4.99 Å².